The Labute approximate surface area is 71.8 Å². The van der Waals surface area contributed by atoms with Crippen molar-refractivity contribution in [3.05, 3.63) is 31.2 Å². The van der Waals surface area contributed by atoms with Gasteiger partial charge in [0.2, 0.25) is 0 Å². The van der Waals surface area contributed by atoms with Crippen LogP contribution in [0.5, 0.6) is 5.75 Å². The zero-order valence-electron chi connectivity index (χ0n) is 6.54. The number of methoxy groups -OCH3 is 1. The highest BCUT2D eigenvalue weighted by atomic mass is 32.2. The maximum atomic E-state index is 5.02. The number of thioether (sulfide) groups is 1. The molecule has 0 aliphatic rings. The van der Waals surface area contributed by atoms with Gasteiger partial charge in [0, 0.05) is 4.90 Å². The zero-order chi connectivity index (χ0) is 8.10. The van der Waals surface area contributed by atoms with E-state index in [9.17, 15) is 0 Å². The van der Waals surface area contributed by atoms with Crippen molar-refractivity contribution in [1.82, 2.24) is 0 Å². The fourth-order valence-electron chi connectivity index (χ4n) is 0.790. The molecule has 11 heavy (non-hydrogen) atoms. The van der Waals surface area contributed by atoms with Crippen LogP contribution >= 0.6 is 11.8 Å². The molecule has 1 nitrogen and oxygen atoms in total. The van der Waals surface area contributed by atoms with E-state index in [1.54, 1.807) is 18.9 Å². The van der Waals surface area contributed by atoms with E-state index in [0.717, 1.165) is 11.5 Å². The van der Waals surface area contributed by atoms with Crippen molar-refractivity contribution in [1.29, 1.82) is 0 Å². The molecule has 59 valence electrons. The predicted octanol–water partition coefficient (Wildman–Crippen LogP) is 2.62. The van der Waals surface area contributed by atoms with E-state index in [4.69, 9.17) is 4.74 Å². The molecule has 0 bridgehead atoms. The summed E-state index contributed by atoms with van der Waals surface area (Å²) in [6.45, 7) is 3.76. The Kier molecular flexibility index (Phi) is 3.30. The Morgan fingerprint density at radius 2 is 2.00 bits per heavy atom. The van der Waals surface area contributed by atoms with E-state index < -0.39 is 0 Å². The molecule has 0 fully saturated rings. The van der Waals surface area contributed by atoms with Crippen molar-refractivity contribution in [3.8, 4) is 5.75 Å². The highest BCUT2D eigenvalue weighted by molar-refractivity contribution is 7.99. The molecule has 0 amide bonds. The van der Waals surface area contributed by atoms with Gasteiger partial charge in [0.25, 0.3) is 0 Å². The lowest BCUT2D eigenvalue weighted by molar-refractivity contribution is 0.414. The Morgan fingerprint density at radius 3 is 2.45 bits per heavy atom. The highest BCUT2D eigenvalue weighted by Crippen LogP contribution is 2.20. The molecule has 0 saturated carbocycles. The summed E-state index contributed by atoms with van der Waals surface area (Å²) in [7, 11) is 1.67. The Balaban J connectivity index is 2.66. The number of hydrogen-bond acceptors (Lipinski definition) is 2. The van der Waals surface area contributed by atoms with E-state index in [-0.39, 0.29) is 0 Å². The third-order valence-corrected chi connectivity index (χ3v) is 2.14. The second-order valence-electron chi connectivity index (χ2n) is 2.02. The summed E-state index contributed by atoms with van der Waals surface area (Å²) in [5, 5.41) is 0. The molecule has 0 spiro atoms. The largest absolute Gasteiger partial charge is 0.497 e. The van der Waals surface area contributed by atoms with Gasteiger partial charge in [-0.3, -0.25) is 0 Å². The Morgan fingerprint density at radius 1 is 1.36 bits per heavy atom. The molecule has 2 heteroatoms. The number of hydrogen-bond donors (Lipinski definition) is 0. The normalized spacial score (nSPS) is 9.64. The van der Waals surface area contributed by atoms with E-state index in [1.807, 2.05) is 24.3 Å². The monoisotopic (exact) mass is 167 g/mol. The first-order valence-corrected chi connectivity index (χ1v) is 4.41. The minimum absolute atomic E-state index is 0.867. The molecule has 0 atom stereocenters. The SMILES string of the molecule is [CH2]CSc1ccc(OC)cc1. The quantitative estimate of drug-likeness (QED) is 0.640. The maximum Gasteiger partial charge on any atom is 0.118 e. The predicted molar refractivity (Wildman–Crippen MR) is 49.1 cm³/mol. The van der Waals surface area contributed by atoms with Crippen molar-refractivity contribution in [2.75, 3.05) is 12.9 Å². The van der Waals surface area contributed by atoms with Crippen LogP contribution in [-0.4, -0.2) is 12.9 Å². The van der Waals surface area contributed by atoms with Crippen LogP contribution in [0.15, 0.2) is 29.2 Å². The first-order chi connectivity index (χ1) is 5.36. The molecule has 0 aliphatic heterocycles. The molecular weight excluding hydrogens is 156 g/mol. The molecule has 0 unspecified atom stereocenters. The zero-order valence-corrected chi connectivity index (χ0v) is 7.36. The van der Waals surface area contributed by atoms with Gasteiger partial charge in [-0.25, -0.2) is 0 Å². The first-order valence-electron chi connectivity index (χ1n) is 3.43. The van der Waals surface area contributed by atoms with Gasteiger partial charge >= 0.3 is 0 Å². The van der Waals surface area contributed by atoms with Crippen LogP contribution in [0.2, 0.25) is 0 Å². The van der Waals surface area contributed by atoms with Gasteiger partial charge in [-0.2, -0.15) is 0 Å². The second kappa shape index (κ2) is 4.29. The molecule has 1 rings (SSSR count). The fourth-order valence-corrected chi connectivity index (χ4v) is 1.35. The van der Waals surface area contributed by atoms with Crippen molar-refractivity contribution in [2.45, 2.75) is 4.90 Å². The lowest BCUT2D eigenvalue weighted by Gasteiger charge is -2.00. The third-order valence-electron chi connectivity index (χ3n) is 1.33. The van der Waals surface area contributed by atoms with E-state index in [0.29, 0.717) is 0 Å². The second-order valence-corrected chi connectivity index (χ2v) is 3.19. The van der Waals surface area contributed by atoms with Crippen LogP contribution in [0.4, 0.5) is 0 Å². The van der Waals surface area contributed by atoms with Crippen LogP contribution in [-0.2, 0) is 0 Å². The number of ether oxygens (including phenoxy) is 1. The van der Waals surface area contributed by atoms with Gasteiger partial charge in [0.1, 0.15) is 5.75 Å². The van der Waals surface area contributed by atoms with Crippen molar-refractivity contribution in [3.63, 3.8) is 0 Å². The van der Waals surface area contributed by atoms with Gasteiger partial charge < -0.3 is 4.74 Å². The summed E-state index contributed by atoms with van der Waals surface area (Å²) >= 11 is 1.73. The fraction of sp³-hybridized carbons (Fsp3) is 0.222. The van der Waals surface area contributed by atoms with Gasteiger partial charge in [-0.05, 0) is 36.9 Å². The molecule has 1 aromatic carbocycles. The summed E-state index contributed by atoms with van der Waals surface area (Å²) in [6.07, 6.45) is 0. The standard InChI is InChI=1S/C9H11OS/c1-3-11-9-6-4-8(10-2)5-7-9/h4-7H,1,3H2,2H3. The minimum Gasteiger partial charge on any atom is -0.497 e. The molecule has 0 saturated heterocycles. The van der Waals surface area contributed by atoms with Crippen molar-refractivity contribution < 1.29 is 4.74 Å². The molecular formula is C9H11OS. The van der Waals surface area contributed by atoms with E-state index >= 15 is 0 Å². The van der Waals surface area contributed by atoms with Gasteiger partial charge in [0.15, 0.2) is 0 Å². The Bertz CT molecular complexity index is 205. The van der Waals surface area contributed by atoms with E-state index in [1.165, 1.54) is 4.90 Å². The summed E-state index contributed by atoms with van der Waals surface area (Å²) in [5.41, 5.74) is 0. The lowest BCUT2D eigenvalue weighted by Crippen LogP contribution is -1.81. The smallest absolute Gasteiger partial charge is 0.118 e. The van der Waals surface area contributed by atoms with Gasteiger partial charge in [-0.15, -0.1) is 11.8 Å². The topological polar surface area (TPSA) is 9.23 Å². The molecule has 0 heterocycles. The van der Waals surface area contributed by atoms with E-state index in [2.05, 4.69) is 6.92 Å². The first kappa shape index (κ1) is 8.47. The average Bonchev–Trinajstić information content (AvgIpc) is 2.07. The van der Waals surface area contributed by atoms with Crippen LogP contribution < -0.4 is 4.74 Å². The van der Waals surface area contributed by atoms with Gasteiger partial charge in [0.05, 0.1) is 7.11 Å². The molecule has 1 aromatic rings. The minimum atomic E-state index is 0.867. The van der Waals surface area contributed by atoms with Crippen LogP contribution in [0.3, 0.4) is 0 Å². The highest BCUT2D eigenvalue weighted by Gasteiger charge is 1.91. The summed E-state index contributed by atoms with van der Waals surface area (Å²) in [6, 6.07) is 7.99. The maximum absolute atomic E-state index is 5.02. The summed E-state index contributed by atoms with van der Waals surface area (Å²) in [4.78, 5) is 1.24. The molecule has 0 aliphatic carbocycles. The van der Waals surface area contributed by atoms with Crippen LogP contribution in [0.25, 0.3) is 0 Å². The molecule has 0 aromatic heterocycles. The average molecular weight is 167 g/mol. The molecule has 0 N–H and O–H groups in total. The van der Waals surface area contributed by atoms with Crippen LogP contribution in [0.1, 0.15) is 0 Å². The van der Waals surface area contributed by atoms with Gasteiger partial charge in [-0.1, -0.05) is 0 Å². The number of rotatable bonds is 3. The Hall–Kier alpha value is -0.630. The molecule has 1 radical (unpaired) electrons. The summed E-state index contributed by atoms with van der Waals surface area (Å²) in [5.74, 6) is 1.77. The summed E-state index contributed by atoms with van der Waals surface area (Å²) < 4.78 is 5.02. The third kappa shape index (κ3) is 2.46. The number of benzene rings is 1. The van der Waals surface area contributed by atoms with Crippen molar-refractivity contribution in [2.24, 2.45) is 0 Å². The van der Waals surface area contributed by atoms with Crippen LogP contribution in [0, 0.1) is 6.92 Å². The lowest BCUT2D eigenvalue weighted by atomic mass is 10.3. The van der Waals surface area contributed by atoms with Crippen molar-refractivity contribution >= 4 is 11.8 Å².